The van der Waals surface area contributed by atoms with Gasteiger partial charge < -0.3 is 4.90 Å². The Labute approximate surface area is 123 Å². The molecule has 1 saturated heterocycles. The normalized spacial score (nSPS) is 28.9. The second kappa shape index (κ2) is 5.97. The molecule has 3 rings (SSSR count). The SMILES string of the molecule is O=c1ccc([N+](=O)[O-])cn1C[NH+]1CCC[C@@H]2CCCC[C@@H]21. The molecular formula is C15H22N3O3+. The minimum Gasteiger partial charge on any atom is -0.315 e. The number of quaternary nitrogens is 1. The smallest absolute Gasteiger partial charge is 0.285 e. The van der Waals surface area contributed by atoms with Crippen LogP contribution >= 0.6 is 0 Å². The number of fused-ring (bicyclic) bond motifs is 1. The molecule has 21 heavy (non-hydrogen) atoms. The Morgan fingerprint density at radius 3 is 2.81 bits per heavy atom. The van der Waals surface area contributed by atoms with Crippen LogP contribution in [0.4, 0.5) is 5.69 Å². The number of piperidine rings is 1. The molecule has 0 amide bonds. The first kappa shape index (κ1) is 14.3. The van der Waals surface area contributed by atoms with Gasteiger partial charge in [0.05, 0.1) is 23.7 Å². The molecule has 1 unspecified atom stereocenters. The quantitative estimate of drug-likeness (QED) is 0.666. The largest absolute Gasteiger partial charge is 0.315 e. The summed E-state index contributed by atoms with van der Waals surface area (Å²) in [4.78, 5) is 23.8. The van der Waals surface area contributed by atoms with Crippen LogP contribution in [0.15, 0.2) is 23.1 Å². The number of aromatic nitrogens is 1. The standard InChI is InChI=1S/C15H21N3O3/c19-15-8-7-13(18(20)21)10-17(15)11-16-9-3-5-12-4-1-2-6-14(12)16/h7-8,10,12,14H,1-6,9,11H2/p+1/t12-,14-/m0/s1. The zero-order valence-corrected chi connectivity index (χ0v) is 12.2. The molecule has 1 saturated carbocycles. The Morgan fingerprint density at radius 1 is 1.24 bits per heavy atom. The zero-order chi connectivity index (χ0) is 14.8. The van der Waals surface area contributed by atoms with Gasteiger partial charge in [-0.05, 0) is 32.1 Å². The molecule has 0 radical (unpaired) electrons. The number of nitrogens with one attached hydrogen (secondary N) is 1. The molecule has 0 bridgehead atoms. The molecule has 1 aromatic rings. The van der Waals surface area contributed by atoms with E-state index in [1.807, 2.05) is 0 Å². The topological polar surface area (TPSA) is 69.6 Å². The Bertz CT molecular complexity index is 582. The van der Waals surface area contributed by atoms with Gasteiger partial charge in [-0.15, -0.1) is 0 Å². The third-order valence-corrected chi connectivity index (χ3v) is 5.06. The Hall–Kier alpha value is -1.69. The average molecular weight is 292 g/mol. The van der Waals surface area contributed by atoms with Crippen LogP contribution in [0.25, 0.3) is 0 Å². The van der Waals surface area contributed by atoms with Crippen LogP contribution < -0.4 is 10.5 Å². The lowest BCUT2D eigenvalue weighted by atomic mass is 9.78. The molecule has 1 N–H and O–H groups in total. The van der Waals surface area contributed by atoms with Crippen LogP contribution in [-0.4, -0.2) is 22.1 Å². The number of pyridine rings is 1. The molecule has 3 atom stereocenters. The molecule has 2 heterocycles. The molecule has 0 spiro atoms. The zero-order valence-electron chi connectivity index (χ0n) is 12.2. The van der Waals surface area contributed by atoms with E-state index in [0.717, 1.165) is 12.5 Å². The maximum absolute atomic E-state index is 12.0. The van der Waals surface area contributed by atoms with Crippen molar-refractivity contribution in [3.8, 4) is 0 Å². The highest BCUT2D eigenvalue weighted by Crippen LogP contribution is 2.28. The van der Waals surface area contributed by atoms with E-state index in [4.69, 9.17) is 0 Å². The highest BCUT2D eigenvalue weighted by molar-refractivity contribution is 5.24. The Kier molecular flexibility index (Phi) is 4.05. The second-order valence-electron chi connectivity index (χ2n) is 6.31. The van der Waals surface area contributed by atoms with Gasteiger partial charge in [-0.2, -0.15) is 0 Å². The summed E-state index contributed by atoms with van der Waals surface area (Å²) in [6.07, 6.45) is 9.02. The van der Waals surface area contributed by atoms with Crippen molar-refractivity contribution in [1.29, 1.82) is 0 Å². The van der Waals surface area contributed by atoms with Crippen molar-refractivity contribution in [1.82, 2.24) is 4.57 Å². The van der Waals surface area contributed by atoms with Crippen LogP contribution in [-0.2, 0) is 6.67 Å². The van der Waals surface area contributed by atoms with Gasteiger partial charge in [-0.3, -0.25) is 19.5 Å². The van der Waals surface area contributed by atoms with E-state index in [1.54, 1.807) is 0 Å². The average Bonchev–Trinajstić information content (AvgIpc) is 2.49. The molecule has 6 nitrogen and oxygen atoms in total. The van der Waals surface area contributed by atoms with Crippen molar-refractivity contribution in [3.05, 3.63) is 38.8 Å². The van der Waals surface area contributed by atoms with Crippen LogP contribution in [0.2, 0.25) is 0 Å². The van der Waals surface area contributed by atoms with E-state index in [9.17, 15) is 14.9 Å². The first-order chi connectivity index (χ1) is 10.1. The van der Waals surface area contributed by atoms with Gasteiger partial charge in [0.25, 0.3) is 11.2 Å². The van der Waals surface area contributed by atoms with Crippen LogP contribution in [0, 0.1) is 16.0 Å². The number of nitro groups is 1. The summed E-state index contributed by atoms with van der Waals surface area (Å²) in [7, 11) is 0. The third kappa shape index (κ3) is 3.00. The van der Waals surface area contributed by atoms with Gasteiger partial charge in [0.1, 0.15) is 0 Å². The van der Waals surface area contributed by atoms with E-state index in [1.165, 1.54) is 66.3 Å². The van der Waals surface area contributed by atoms with Gasteiger partial charge in [0.2, 0.25) is 0 Å². The minimum absolute atomic E-state index is 0.00814. The first-order valence-corrected chi connectivity index (χ1v) is 7.84. The van der Waals surface area contributed by atoms with E-state index in [2.05, 4.69) is 0 Å². The third-order valence-electron chi connectivity index (χ3n) is 5.06. The number of hydrogen-bond acceptors (Lipinski definition) is 3. The minimum atomic E-state index is -0.440. The maximum Gasteiger partial charge on any atom is 0.285 e. The monoisotopic (exact) mass is 292 g/mol. The summed E-state index contributed by atoms with van der Waals surface area (Å²) < 4.78 is 1.52. The molecule has 0 aromatic carbocycles. The van der Waals surface area contributed by atoms with Gasteiger partial charge in [0, 0.05) is 18.1 Å². The fraction of sp³-hybridized carbons (Fsp3) is 0.667. The highest BCUT2D eigenvalue weighted by Gasteiger charge is 2.36. The van der Waals surface area contributed by atoms with Crippen molar-refractivity contribution in [2.75, 3.05) is 6.54 Å². The van der Waals surface area contributed by atoms with E-state index in [0.29, 0.717) is 12.7 Å². The van der Waals surface area contributed by atoms with Gasteiger partial charge in [0.15, 0.2) is 6.67 Å². The van der Waals surface area contributed by atoms with Gasteiger partial charge in [-0.25, -0.2) is 0 Å². The van der Waals surface area contributed by atoms with Crippen molar-refractivity contribution in [3.63, 3.8) is 0 Å². The van der Waals surface area contributed by atoms with Crippen LogP contribution in [0.5, 0.6) is 0 Å². The highest BCUT2D eigenvalue weighted by atomic mass is 16.6. The van der Waals surface area contributed by atoms with Crippen molar-refractivity contribution < 1.29 is 9.82 Å². The van der Waals surface area contributed by atoms with Crippen molar-refractivity contribution in [2.24, 2.45) is 5.92 Å². The predicted octanol–water partition coefficient (Wildman–Crippen LogP) is 0.951. The summed E-state index contributed by atoms with van der Waals surface area (Å²) in [6.45, 7) is 1.62. The molecule has 2 fully saturated rings. The molecule has 1 aliphatic carbocycles. The molecule has 6 heteroatoms. The molecule has 1 aromatic heterocycles. The molecule has 114 valence electrons. The lowest BCUT2D eigenvalue weighted by Gasteiger charge is -2.41. The van der Waals surface area contributed by atoms with E-state index in [-0.39, 0.29) is 11.2 Å². The lowest BCUT2D eigenvalue weighted by Crippen LogP contribution is -3.17. The molecular weight excluding hydrogens is 270 g/mol. The molecule has 1 aliphatic heterocycles. The fourth-order valence-electron chi connectivity index (χ4n) is 4.03. The number of hydrogen-bond donors (Lipinski definition) is 1. The number of rotatable bonds is 3. The van der Waals surface area contributed by atoms with Gasteiger partial charge in [-0.1, -0.05) is 6.42 Å². The summed E-state index contributed by atoms with van der Waals surface area (Å²) >= 11 is 0. The second-order valence-corrected chi connectivity index (χ2v) is 6.31. The summed E-state index contributed by atoms with van der Waals surface area (Å²) in [6, 6.07) is 3.21. The van der Waals surface area contributed by atoms with Crippen molar-refractivity contribution >= 4 is 5.69 Å². The summed E-state index contributed by atoms with van der Waals surface area (Å²) in [5.74, 6) is 0.775. The van der Waals surface area contributed by atoms with Crippen LogP contribution in [0.3, 0.4) is 0 Å². The van der Waals surface area contributed by atoms with E-state index < -0.39 is 4.92 Å². The number of nitrogens with zero attached hydrogens (tertiary/aromatic N) is 2. The Balaban J connectivity index is 1.80. The van der Waals surface area contributed by atoms with Crippen molar-refractivity contribution in [2.45, 2.75) is 51.2 Å². The van der Waals surface area contributed by atoms with Gasteiger partial charge >= 0.3 is 0 Å². The van der Waals surface area contributed by atoms with Crippen LogP contribution in [0.1, 0.15) is 38.5 Å². The number of likely N-dealkylation sites (tertiary alicyclic amines) is 1. The molecule has 2 aliphatic rings. The summed E-state index contributed by atoms with van der Waals surface area (Å²) in [5, 5.41) is 10.9. The lowest BCUT2D eigenvalue weighted by molar-refractivity contribution is -0.957. The van der Waals surface area contributed by atoms with E-state index >= 15 is 0 Å². The summed E-state index contributed by atoms with van der Waals surface area (Å²) in [5.41, 5.74) is -0.155. The maximum atomic E-state index is 12.0. The fourth-order valence-corrected chi connectivity index (χ4v) is 4.03. The Morgan fingerprint density at radius 2 is 2.00 bits per heavy atom. The predicted molar refractivity (Wildman–Crippen MR) is 78.2 cm³/mol. The first-order valence-electron chi connectivity index (χ1n) is 7.84.